The van der Waals surface area contributed by atoms with E-state index in [0.29, 0.717) is 0 Å². The molecule has 2 aromatic rings. The minimum absolute atomic E-state index is 0.0432. The van der Waals surface area contributed by atoms with Crippen LogP contribution in [0.5, 0.6) is 0 Å². The van der Waals surface area contributed by atoms with Crippen molar-refractivity contribution in [3.63, 3.8) is 0 Å². The third kappa shape index (κ3) is 1.35. The Kier molecular flexibility index (Phi) is 2.18. The van der Waals surface area contributed by atoms with Crippen molar-refractivity contribution in [3.8, 4) is 0 Å². The number of hydrogen-bond acceptors (Lipinski definition) is 0. The molecule has 1 aliphatic rings. The molecule has 0 amide bonds. The van der Waals surface area contributed by atoms with Crippen LogP contribution in [0.1, 0.15) is 29.2 Å². The van der Waals surface area contributed by atoms with Crippen LogP contribution in [0.4, 0.5) is 0 Å². The van der Waals surface area contributed by atoms with E-state index in [1.54, 1.807) is 0 Å². The summed E-state index contributed by atoms with van der Waals surface area (Å²) in [5.41, 5.74) is 5.66. The molecule has 0 nitrogen and oxygen atoms in total. The molecule has 0 aliphatic heterocycles. The average molecular weight is 273 g/mol. The maximum atomic E-state index is 3.89. The van der Waals surface area contributed by atoms with Crippen LogP contribution in [-0.2, 0) is 10.7 Å². The van der Waals surface area contributed by atoms with Crippen LogP contribution < -0.4 is 0 Å². The Bertz CT molecular complexity index is 493. The topological polar surface area (TPSA) is 0 Å². The predicted molar refractivity (Wildman–Crippen MR) is 71.1 cm³/mol. The first-order valence-corrected chi connectivity index (χ1v) is 6.34. The van der Waals surface area contributed by atoms with Gasteiger partial charge in [-0.2, -0.15) is 0 Å². The van der Waals surface area contributed by atoms with Crippen molar-refractivity contribution in [3.05, 3.63) is 70.8 Å². The molecule has 1 heteroatoms. The molecule has 0 fully saturated rings. The van der Waals surface area contributed by atoms with Gasteiger partial charge in [-0.05, 0) is 35.6 Å². The summed E-state index contributed by atoms with van der Waals surface area (Å²) in [7, 11) is 0. The molecule has 1 aliphatic carbocycles. The summed E-state index contributed by atoms with van der Waals surface area (Å²) in [6.07, 6.45) is 1.05. The highest BCUT2D eigenvalue weighted by Crippen LogP contribution is 2.45. The maximum Gasteiger partial charge on any atom is 0.0732 e. The number of fused-ring (bicyclic) bond motifs is 2. The molecule has 0 heterocycles. The van der Waals surface area contributed by atoms with Gasteiger partial charge in [0.05, 0.1) is 4.32 Å². The van der Waals surface area contributed by atoms with E-state index in [1.165, 1.54) is 22.3 Å². The van der Waals surface area contributed by atoms with Crippen LogP contribution >= 0.6 is 15.9 Å². The smallest absolute Gasteiger partial charge is 0.0732 e. The number of rotatable bonds is 0. The molecule has 0 saturated carbocycles. The molecule has 3 rings (SSSR count). The van der Waals surface area contributed by atoms with E-state index in [9.17, 15) is 0 Å². The van der Waals surface area contributed by atoms with Crippen molar-refractivity contribution in [1.29, 1.82) is 0 Å². The number of halogens is 1. The number of benzene rings is 2. The van der Waals surface area contributed by atoms with Crippen molar-refractivity contribution in [2.24, 2.45) is 0 Å². The fraction of sp³-hybridized carbons (Fsp3) is 0.200. The Hall–Kier alpha value is -1.08. The molecule has 2 aromatic carbocycles. The third-order valence-corrected chi connectivity index (χ3v) is 4.28. The lowest BCUT2D eigenvalue weighted by molar-refractivity contribution is 0.796. The zero-order valence-electron chi connectivity index (χ0n) is 9.20. The van der Waals surface area contributed by atoms with Crippen LogP contribution in [-0.4, -0.2) is 0 Å². The van der Waals surface area contributed by atoms with E-state index in [1.807, 2.05) is 0 Å². The van der Waals surface area contributed by atoms with E-state index in [4.69, 9.17) is 0 Å². The summed E-state index contributed by atoms with van der Waals surface area (Å²) in [4.78, 5) is 0. The first kappa shape index (κ1) is 10.1. The second-order valence-electron chi connectivity index (χ2n) is 4.49. The summed E-state index contributed by atoms with van der Waals surface area (Å²) in [6, 6.07) is 17.4. The van der Waals surface area contributed by atoms with Crippen LogP contribution in [0.2, 0.25) is 0 Å². The Morgan fingerprint density at radius 2 is 1.31 bits per heavy atom. The van der Waals surface area contributed by atoms with E-state index in [-0.39, 0.29) is 4.32 Å². The Balaban J connectivity index is 2.28. The Morgan fingerprint density at radius 1 is 0.875 bits per heavy atom. The summed E-state index contributed by atoms with van der Waals surface area (Å²) in [6.45, 7) is 2.24. The SMILES string of the molecule is CC1(Br)c2ccccc2Cc2ccccc21. The summed E-state index contributed by atoms with van der Waals surface area (Å²) < 4.78 is -0.0432. The Labute approximate surface area is 104 Å². The van der Waals surface area contributed by atoms with Crippen LogP contribution in [0.15, 0.2) is 48.5 Å². The predicted octanol–water partition coefficient (Wildman–Crippen LogP) is 4.25. The molecular formula is C15H13Br. The molecule has 0 atom stereocenters. The highest BCUT2D eigenvalue weighted by atomic mass is 79.9. The standard InChI is InChI=1S/C15H13Br/c1-15(16)13-8-4-2-6-11(13)10-12-7-3-5-9-14(12)15/h2-9H,10H2,1H3. The van der Waals surface area contributed by atoms with Gasteiger partial charge < -0.3 is 0 Å². The summed E-state index contributed by atoms with van der Waals surface area (Å²) in [5, 5.41) is 0. The van der Waals surface area contributed by atoms with Crippen LogP contribution in [0, 0.1) is 0 Å². The second kappa shape index (κ2) is 3.46. The lowest BCUT2D eigenvalue weighted by atomic mass is 9.79. The largest absolute Gasteiger partial charge is 0.0752 e. The van der Waals surface area contributed by atoms with Crippen LogP contribution in [0.25, 0.3) is 0 Å². The molecule has 16 heavy (non-hydrogen) atoms. The molecule has 0 N–H and O–H groups in total. The van der Waals surface area contributed by atoms with Crippen LogP contribution in [0.3, 0.4) is 0 Å². The summed E-state index contributed by atoms with van der Waals surface area (Å²) in [5.74, 6) is 0. The monoisotopic (exact) mass is 272 g/mol. The van der Waals surface area contributed by atoms with Gasteiger partial charge in [-0.15, -0.1) is 0 Å². The minimum Gasteiger partial charge on any atom is -0.0752 e. The second-order valence-corrected chi connectivity index (χ2v) is 6.08. The van der Waals surface area contributed by atoms with Gasteiger partial charge in [0.15, 0.2) is 0 Å². The molecule has 0 aromatic heterocycles. The van der Waals surface area contributed by atoms with Gasteiger partial charge in [0.25, 0.3) is 0 Å². The fourth-order valence-corrected chi connectivity index (χ4v) is 3.39. The molecule has 0 unspecified atom stereocenters. The minimum atomic E-state index is -0.0432. The van der Waals surface area contributed by atoms with Gasteiger partial charge >= 0.3 is 0 Å². The molecule has 80 valence electrons. The Morgan fingerprint density at radius 3 is 1.81 bits per heavy atom. The zero-order chi connectivity index (χ0) is 11.2. The van der Waals surface area contributed by atoms with Crippen molar-refractivity contribution in [2.75, 3.05) is 0 Å². The van der Waals surface area contributed by atoms with Crippen molar-refractivity contribution < 1.29 is 0 Å². The van der Waals surface area contributed by atoms with Crippen molar-refractivity contribution in [1.82, 2.24) is 0 Å². The number of alkyl halides is 1. The van der Waals surface area contributed by atoms with Crippen molar-refractivity contribution >= 4 is 15.9 Å². The fourth-order valence-electron chi connectivity index (χ4n) is 2.62. The maximum absolute atomic E-state index is 3.89. The quantitative estimate of drug-likeness (QED) is 0.629. The normalized spacial score (nSPS) is 16.4. The number of hydrogen-bond donors (Lipinski definition) is 0. The molecule has 0 spiro atoms. The van der Waals surface area contributed by atoms with E-state index in [2.05, 4.69) is 71.4 Å². The first-order valence-electron chi connectivity index (χ1n) is 5.55. The lowest BCUT2D eigenvalue weighted by Crippen LogP contribution is -2.23. The van der Waals surface area contributed by atoms with Crippen molar-refractivity contribution in [2.45, 2.75) is 17.7 Å². The molecule has 0 radical (unpaired) electrons. The van der Waals surface area contributed by atoms with Gasteiger partial charge in [-0.25, -0.2) is 0 Å². The van der Waals surface area contributed by atoms with Gasteiger partial charge in [-0.1, -0.05) is 64.5 Å². The highest BCUT2D eigenvalue weighted by Gasteiger charge is 2.33. The molecule has 0 saturated heterocycles. The van der Waals surface area contributed by atoms with Gasteiger partial charge in [0, 0.05) is 0 Å². The molecular weight excluding hydrogens is 260 g/mol. The van der Waals surface area contributed by atoms with E-state index >= 15 is 0 Å². The molecule has 0 bridgehead atoms. The highest BCUT2D eigenvalue weighted by molar-refractivity contribution is 9.09. The zero-order valence-corrected chi connectivity index (χ0v) is 10.8. The van der Waals surface area contributed by atoms with E-state index < -0.39 is 0 Å². The van der Waals surface area contributed by atoms with E-state index in [0.717, 1.165) is 6.42 Å². The van der Waals surface area contributed by atoms with Gasteiger partial charge in [0.2, 0.25) is 0 Å². The summed E-state index contributed by atoms with van der Waals surface area (Å²) >= 11 is 3.89. The van der Waals surface area contributed by atoms with Gasteiger partial charge in [0.1, 0.15) is 0 Å². The average Bonchev–Trinajstić information content (AvgIpc) is 2.29. The first-order chi connectivity index (χ1) is 7.69. The lowest BCUT2D eigenvalue weighted by Gasteiger charge is -2.33. The third-order valence-electron chi connectivity index (χ3n) is 3.43. The van der Waals surface area contributed by atoms with Gasteiger partial charge in [-0.3, -0.25) is 0 Å².